The molecule has 0 saturated heterocycles. The summed E-state index contributed by atoms with van der Waals surface area (Å²) in [4.78, 5) is 44.5. The van der Waals surface area contributed by atoms with Gasteiger partial charge in [-0.3, -0.25) is 23.6 Å². The molecule has 0 saturated carbocycles. The van der Waals surface area contributed by atoms with E-state index >= 15 is 0 Å². The average molecular weight is 530 g/mol. The molecule has 38 heavy (non-hydrogen) atoms. The van der Waals surface area contributed by atoms with Crippen molar-refractivity contribution in [1.29, 1.82) is 0 Å². The minimum Gasteiger partial charge on any atom is -0.319 e. The number of nitrogens with zero attached hydrogens (tertiary/aromatic N) is 4. The van der Waals surface area contributed by atoms with Gasteiger partial charge in [0.05, 0.1) is 33.2 Å². The van der Waals surface area contributed by atoms with E-state index < -0.39 is 17.0 Å². The number of hydrogen-bond acceptors (Lipinski definition) is 5. The van der Waals surface area contributed by atoms with Gasteiger partial charge < -0.3 is 5.32 Å². The highest BCUT2D eigenvalue weighted by Crippen LogP contribution is 2.26. The van der Waals surface area contributed by atoms with E-state index in [4.69, 9.17) is 0 Å². The van der Waals surface area contributed by atoms with Crippen molar-refractivity contribution in [3.8, 4) is 11.4 Å². The summed E-state index contributed by atoms with van der Waals surface area (Å²) in [5.74, 6) is -0.856. The smallest absolute Gasteiger partial charge is 0.295 e. The first-order valence-corrected chi connectivity index (χ1v) is 12.7. The van der Waals surface area contributed by atoms with Crippen LogP contribution >= 0.6 is 11.8 Å². The molecule has 0 unspecified atom stereocenters. The third kappa shape index (κ3) is 4.54. The molecule has 5 aromatic rings. The summed E-state index contributed by atoms with van der Waals surface area (Å²) in [6.45, 7) is 3.43. The highest BCUT2D eigenvalue weighted by molar-refractivity contribution is 8.00. The Kier molecular flexibility index (Phi) is 6.73. The van der Waals surface area contributed by atoms with E-state index in [0.29, 0.717) is 28.0 Å². The predicted octanol–water partition coefficient (Wildman–Crippen LogP) is 4.44. The quantitative estimate of drug-likeness (QED) is 0.259. The average Bonchev–Trinajstić information content (AvgIpc) is 3.13. The number of amides is 1. The fourth-order valence-corrected chi connectivity index (χ4v) is 5.08. The lowest BCUT2D eigenvalue weighted by Crippen LogP contribution is -2.28. The largest absolute Gasteiger partial charge is 0.319 e. The minimum atomic E-state index is -0.723. The van der Waals surface area contributed by atoms with Crippen LogP contribution in [0.4, 0.5) is 10.1 Å². The summed E-state index contributed by atoms with van der Waals surface area (Å²) in [7, 11) is 1.75. The highest BCUT2D eigenvalue weighted by Gasteiger charge is 2.24. The van der Waals surface area contributed by atoms with Gasteiger partial charge in [-0.2, -0.15) is 0 Å². The molecule has 3 aromatic carbocycles. The SMILES string of the molecule is Cc1c(NC(=O)[C@H](C)Sc2nc3ccccc3c(=O)n2-c2ccc(F)cc2)c(=O)n(-c2ccccc2)n1C. The van der Waals surface area contributed by atoms with Crippen LogP contribution in [0.25, 0.3) is 22.3 Å². The van der Waals surface area contributed by atoms with Crippen molar-refractivity contribution >= 4 is 34.3 Å². The van der Waals surface area contributed by atoms with E-state index in [2.05, 4.69) is 10.3 Å². The Bertz CT molecular complexity index is 1780. The van der Waals surface area contributed by atoms with Gasteiger partial charge in [0.2, 0.25) is 5.91 Å². The fraction of sp³-hybridized carbons (Fsp3) is 0.143. The van der Waals surface area contributed by atoms with Crippen molar-refractivity contribution in [1.82, 2.24) is 18.9 Å². The van der Waals surface area contributed by atoms with Crippen molar-refractivity contribution in [2.45, 2.75) is 24.3 Å². The topological polar surface area (TPSA) is 90.9 Å². The first-order chi connectivity index (χ1) is 18.3. The van der Waals surface area contributed by atoms with E-state index in [1.165, 1.54) is 33.5 Å². The third-order valence-electron chi connectivity index (χ3n) is 6.28. The Morgan fingerprint density at radius 3 is 2.29 bits per heavy atom. The van der Waals surface area contributed by atoms with Gasteiger partial charge in [-0.25, -0.2) is 14.1 Å². The van der Waals surface area contributed by atoms with E-state index in [-0.39, 0.29) is 22.0 Å². The Morgan fingerprint density at radius 1 is 0.921 bits per heavy atom. The summed E-state index contributed by atoms with van der Waals surface area (Å²) in [5, 5.41) is 2.72. The molecule has 0 aliphatic carbocycles. The van der Waals surface area contributed by atoms with Crippen molar-refractivity contribution in [3.63, 3.8) is 0 Å². The van der Waals surface area contributed by atoms with E-state index in [9.17, 15) is 18.8 Å². The number of anilines is 1. The monoisotopic (exact) mass is 529 g/mol. The van der Waals surface area contributed by atoms with Gasteiger partial charge in [0.25, 0.3) is 11.1 Å². The molecule has 10 heteroatoms. The summed E-state index contributed by atoms with van der Waals surface area (Å²) in [6, 6.07) is 21.6. The lowest BCUT2D eigenvalue weighted by molar-refractivity contribution is -0.115. The summed E-state index contributed by atoms with van der Waals surface area (Å²) >= 11 is 1.08. The molecular formula is C28H24FN5O3S. The number of nitrogens with one attached hydrogen (secondary N) is 1. The molecule has 0 radical (unpaired) electrons. The zero-order valence-corrected chi connectivity index (χ0v) is 21.7. The van der Waals surface area contributed by atoms with Crippen molar-refractivity contribution < 1.29 is 9.18 Å². The van der Waals surface area contributed by atoms with Gasteiger partial charge in [0.15, 0.2) is 5.16 Å². The zero-order chi connectivity index (χ0) is 27.0. The van der Waals surface area contributed by atoms with Crippen LogP contribution in [0.2, 0.25) is 0 Å². The molecule has 1 atom stereocenters. The lowest BCUT2D eigenvalue weighted by Gasteiger charge is -2.16. The predicted molar refractivity (Wildman–Crippen MR) is 147 cm³/mol. The van der Waals surface area contributed by atoms with Crippen LogP contribution < -0.4 is 16.4 Å². The normalized spacial score (nSPS) is 12.0. The van der Waals surface area contributed by atoms with Crippen molar-refractivity contribution in [2.24, 2.45) is 7.05 Å². The molecule has 2 heterocycles. The van der Waals surface area contributed by atoms with Crippen LogP contribution in [0.1, 0.15) is 12.6 Å². The number of carbonyl (C=O) groups is 1. The van der Waals surface area contributed by atoms with Crippen molar-refractivity contribution in [2.75, 3.05) is 5.32 Å². The molecule has 5 rings (SSSR count). The van der Waals surface area contributed by atoms with Gasteiger partial charge in [-0.05, 0) is 62.4 Å². The van der Waals surface area contributed by atoms with Crippen LogP contribution in [0.15, 0.2) is 93.6 Å². The van der Waals surface area contributed by atoms with E-state index in [0.717, 1.165) is 11.8 Å². The highest BCUT2D eigenvalue weighted by atomic mass is 32.2. The van der Waals surface area contributed by atoms with Gasteiger partial charge in [-0.15, -0.1) is 0 Å². The molecule has 1 N–H and O–H groups in total. The zero-order valence-electron chi connectivity index (χ0n) is 20.9. The molecule has 2 aromatic heterocycles. The van der Waals surface area contributed by atoms with Crippen LogP contribution in [-0.2, 0) is 11.8 Å². The number of halogens is 1. The number of carbonyl (C=O) groups excluding carboxylic acids is 1. The molecule has 0 fully saturated rings. The minimum absolute atomic E-state index is 0.177. The third-order valence-corrected chi connectivity index (χ3v) is 7.34. The maximum Gasteiger partial charge on any atom is 0.295 e. The second-order valence-corrected chi connectivity index (χ2v) is 10.0. The van der Waals surface area contributed by atoms with E-state index in [1.54, 1.807) is 49.8 Å². The maximum absolute atomic E-state index is 13.6. The number of benzene rings is 3. The molecule has 1 amide bonds. The number of fused-ring (bicyclic) bond motifs is 1. The Hall–Kier alpha value is -4.44. The Labute approximate surface area is 221 Å². The summed E-state index contributed by atoms with van der Waals surface area (Å²) in [5.41, 5.74) is 1.67. The number of para-hydroxylation sites is 2. The number of hydrogen-bond donors (Lipinski definition) is 1. The molecule has 8 nitrogen and oxygen atoms in total. The fourth-order valence-electron chi connectivity index (χ4n) is 4.16. The molecule has 192 valence electrons. The molecule has 0 aliphatic rings. The van der Waals surface area contributed by atoms with Gasteiger partial charge in [0.1, 0.15) is 11.5 Å². The second-order valence-electron chi connectivity index (χ2n) is 8.71. The number of rotatable bonds is 6. The lowest BCUT2D eigenvalue weighted by atomic mass is 10.2. The van der Waals surface area contributed by atoms with Crippen LogP contribution in [0, 0.1) is 12.7 Å². The molecule has 0 spiro atoms. The van der Waals surface area contributed by atoms with Crippen molar-refractivity contribution in [3.05, 3.63) is 111 Å². The Morgan fingerprint density at radius 2 is 1.58 bits per heavy atom. The second kappa shape index (κ2) is 10.1. The molecule has 0 bridgehead atoms. The van der Waals surface area contributed by atoms with Crippen LogP contribution in [-0.4, -0.2) is 30.1 Å². The van der Waals surface area contributed by atoms with Gasteiger partial charge >= 0.3 is 0 Å². The number of aromatic nitrogens is 4. The molecule has 0 aliphatic heterocycles. The maximum atomic E-state index is 13.6. The standard InChI is InChI=1S/C28H24FN5O3S/c1-17-24(27(37)34(32(17)3)21-9-5-4-6-10-21)31-25(35)18(2)38-28-30-23-12-8-7-11-22(23)26(36)33(28)20-15-13-19(29)14-16-20/h4-16,18H,1-3H3,(H,31,35)/t18-/m0/s1. The van der Waals surface area contributed by atoms with Crippen LogP contribution in [0.5, 0.6) is 0 Å². The summed E-state index contributed by atoms with van der Waals surface area (Å²) < 4.78 is 18.1. The first kappa shape index (κ1) is 25.2. The Balaban J connectivity index is 1.49. The molecular weight excluding hydrogens is 505 g/mol. The van der Waals surface area contributed by atoms with Gasteiger partial charge in [-0.1, -0.05) is 42.1 Å². The van der Waals surface area contributed by atoms with E-state index in [1.807, 2.05) is 30.3 Å². The summed E-state index contributed by atoms with van der Waals surface area (Å²) in [6.07, 6.45) is 0. The number of thioether (sulfide) groups is 1. The van der Waals surface area contributed by atoms with Gasteiger partial charge in [0, 0.05) is 7.05 Å². The van der Waals surface area contributed by atoms with Crippen LogP contribution in [0.3, 0.4) is 0 Å². The first-order valence-electron chi connectivity index (χ1n) is 11.9.